The summed E-state index contributed by atoms with van der Waals surface area (Å²) in [5, 5.41) is 16.4. The zero-order valence-electron chi connectivity index (χ0n) is 12.4. The van der Waals surface area contributed by atoms with Gasteiger partial charge in [-0.3, -0.25) is 4.79 Å². The Labute approximate surface area is 128 Å². The first-order chi connectivity index (χ1) is 10.5. The molecule has 1 aromatic rings. The van der Waals surface area contributed by atoms with Crippen LogP contribution in [0.25, 0.3) is 0 Å². The molecule has 1 amide bonds. The normalized spacial score (nSPS) is 23.0. The van der Waals surface area contributed by atoms with E-state index in [-0.39, 0.29) is 23.6 Å². The zero-order valence-corrected chi connectivity index (χ0v) is 12.4. The van der Waals surface area contributed by atoms with Crippen molar-refractivity contribution in [3.05, 3.63) is 24.0 Å². The summed E-state index contributed by atoms with van der Waals surface area (Å²) in [5.41, 5.74) is 1.18. The molecule has 1 aliphatic heterocycles. The number of aromatic carboxylic acids is 1. The molecule has 1 aromatic heterocycles. The van der Waals surface area contributed by atoms with Gasteiger partial charge in [0.15, 0.2) is 5.69 Å². The number of likely N-dealkylation sites (tertiary alicyclic amines) is 1. The molecular weight excluding hydrogens is 284 g/mol. The molecule has 1 saturated heterocycles. The summed E-state index contributed by atoms with van der Waals surface area (Å²) < 4.78 is 1.57. The fraction of sp³-hybridized carbons (Fsp3) is 0.600. The van der Waals surface area contributed by atoms with Crippen LogP contribution in [0.1, 0.15) is 48.6 Å². The van der Waals surface area contributed by atoms with Crippen molar-refractivity contribution in [2.75, 3.05) is 13.1 Å². The third-order valence-electron chi connectivity index (χ3n) is 4.62. The van der Waals surface area contributed by atoms with Crippen LogP contribution in [0, 0.1) is 5.92 Å². The highest BCUT2D eigenvalue weighted by atomic mass is 16.4. The maximum atomic E-state index is 12.6. The van der Waals surface area contributed by atoms with Gasteiger partial charge in [0.2, 0.25) is 5.91 Å². The number of hydrogen-bond donors (Lipinski definition) is 1. The highest BCUT2D eigenvalue weighted by molar-refractivity contribution is 5.84. The molecule has 1 aliphatic carbocycles. The maximum Gasteiger partial charge on any atom is 0.358 e. The van der Waals surface area contributed by atoms with Gasteiger partial charge >= 0.3 is 5.97 Å². The van der Waals surface area contributed by atoms with Crippen LogP contribution >= 0.6 is 0 Å². The standard InChI is InChI=1S/C15H20N4O3/c1-10-2-4-11(5-3-10)14(20)18-7-6-12(8-18)19-9-13(15(21)22)16-17-19/h9,11-12H,1-8H2,(H,21,22). The van der Waals surface area contributed by atoms with Crippen molar-refractivity contribution in [3.8, 4) is 0 Å². The number of amides is 1. The van der Waals surface area contributed by atoms with Gasteiger partial charge < -0.3 is 10.0 Å². The SMILES string of the molecule is C=C1CCC(C(=O)N2CCC(n3cc(C(=O)O)nn3)C2)CC1. The van der Waals surface area contributed by atoms with Crippen molar-refractivity contribution in [1.82, 2.24) is 19.9 Å². The van der Waals surface area contributed by atoms with Crippen LogP contribution in [0.2, 0.25) is 0 Å². The molecule has 0 spiro atoms. The van der Waals surface area contributed by atoms with E-state index in [0.29, 0.717) is 13.1 Å². The fourth-order valence-corrected chi connectivity index (χ4v) is 3.24. The second-order valence-corrected chi connectivity index (χ2v) is 6.14. The van der Waals surface area contributed by atoms with Gasteiger partial charge in [-0.25, -0.2) is 9.48 Å². The Morgan fingerprint density at radius 1 is 1.27 bits per heavy atom. The summed E-state index contributed by atoms with van der Waals surface area (Å²) in [5.74, 6) is -0.761. The van der Waals surface area contributed by atoms with Crippen molar-refractivity contribution in [2.24, 2.45) is 5.92 Å². The Kier molecular flexibility index (Phi) is 3.96. The van der Waals surface area contributed by atoms with Gasteiger partial charge in [-0.15, -0.1) is 5.10 Å². The number of carbonyl (C=O) groups excluding carboxylic acids is 1. The molecule has 7 heteroatoms. The van der Waals surface area contributed by atoms with E-state index in [0.717, 1.165) is 32.1 Å². The third kappa shape index (κ3) is 2.88. The lowest BCUT2D eigenvalue weighted by molar-refractivity contribution is -0.135. The van der Waals surface area contributed by atoms with E-state index in [4.69, 9.17) is 5.11 Å². The number of carbonyl (C=O) groups is 2. The zero-order chi connectivity index (χ0) is 15.7. The van der Waals surface area contributed by atoms with E-state index < -0.39 is 5.97 Å². The molecule has 118 valence electrons. The molecule has 2 fully saturated rings. The van der Waals surface area contributed by atoms with Crippen LogP contribution in [0.15, 0.2) is 18.3 Å². The van der Waals surface area contributed by atoms with E-state index in [1.165, 1.54) is 11.8 Å². The molecule has 7 nitrogen and oxygen atoms in total. The third-order valence-corrected chi connectivity index (χ3v) is 4.62. The van der Waals surface area contributed by atoms with Crippen molar-refractivity contribution in [1.29, 1.82) is 0 Å². The summed E-state index contributed by atoms with van der Waals surface area (Å²) in [6.45, 7) is 5.26. The Morgan fingerprint density at radius 2 is 2.00 bits per heavy atom. The molecule has 1 atom stereocenters. The largest absolute Gasteiger partial charge is 0.476 e. The molecule has 22 heavy (non-hydrogen) atoms. The van der Waals surface area contributed by atoms with Crippen LogP contribution in [0.4, 0.5) is 0 Å². The molecule has 3 rings (SSSR count). The first-order valence-corrected chi connectivity index (χ1v) is 7.65. The van der Waals surface area contributed by atoms with Crippen molar-refractivity contribution >= 4 is 11.9 Å². The molecule has 0 aromatic carbocycles. The predicted molar refractivity (Wildman–Crippen MR) is 78.3 cm³/mol. The van der Waals surface area contributed by atoms with Crippen LogP contribution < -0.4 is 0 Å². The summed E-state index contributed by atoms with van der Waals surface area (Å²) >= 11 is 0. The number of nitrogens with zero attached hydrogens (tertiary/aromatic N) is 4. The first kappa shape index (κ1) is 14.7. The van der Waals surface area contributed by atoms with Gasteiger partial charge in [-0.05, 0) is 32.1 Å². The molecular formula is C15H20N4O3. The lowest BCUT2D eigenvalue weighted by Crippen LogP contribution is -2.35. The minimum atomic E-state index is -1.08. The van der Waals surface area contributed by atoms with Gasteiger partial charge in [0.25, 0.3) is 0 Å². The molecule has 1 unspecified atom stereocenters. The Balaban J connectivity index is 1.60. The molecule has 2 aliphatic rings. The highest BCUT2D eigenvalue weighted by Crippen LogP contribution is 2.30. The summed E-state index contributed by atoms with van der Waals surface area (Å²) in [6, 6.07) is 0.0168. The molecule has 0 radical (unpaired) electrons. The smallest absolute Gasteiger partial charge is 0.358 e. The molecule has 1 saturated carbocycles. The second kappa shape index (κ2) is 5.90. The molecule has 2 heterocycles. The number of allylic oxidation sites excluding steroid dienone is 1. The number of aromatic nitrogens is 3. The highest BCUT2D eigenvalue weighted by Gasteiger charge is 2.33. The van der Waals surface area contributed by atoms with Gasteiger partial charge in [0, 0.05) is 19.0 Å². The topological polar surface area (TPSA) is 88.3 Å². The van der Waals surface area contributed by atoms with Crippen LogP contribution in [-0.4, -0.2) is 50.0 Å². The van der Waals surface area contributed by atoms with Crippen LogP contribution in [0.3, 0.4) is 0 Å². The second-order valence-electron chi connectivity index (χ2n) is 6.14. The van der Waals surface area contributed by atoms with Gasteiger partial charge in [-0.1, -0.05) is 17.4 Å². The minimum Gasteiger partial charge on any atom is -0.476 e. The lowest BCUT2D eigenvalue weighted by Gasteiger charge is -2.27. The Hall–Kier alpha value is -2.18. The van der Waals surface area contributed by atoms with Gasteiger partial charge in [0.05, 0.1) is 12.2 Å². The lowest BCUT2D eigenvalue weighted by atomic mass is 9.86. The maximum absolute atomic E-state index is 12.6. The fourth-order valence-electron chi connectivity index (χ4n) is 3.24. The average Bonchev–Trinajstić information content (AvgIpc) is 3.16. The number of carboxylic acids is 1. The number of carboxylic acid groups (broad SMARTS) is 1. The van der Waals surface area contributed by atoms with E-state index in [1.807, 2.05) is 4.90 Å². The van der Waals surface area contributed by atoms with Crippen molar-refractivity contribution in [2.45, 2.75) is 38.1 Å². The van der Waals surface area contributed by atoms with E-state index in [9.17, 15) is 9.59 Å². The Morgan fingerprint density at radius 3 is 2.64 bits per heavy atom. The van der Waals surface area contributed by atoms with Gasteiger partial charge in [-0.2, -0.15) is 0 Å². The van der Waals surface area contributed by atoms with Gasteiger partial charge in [0.1, 0.15) is 0 Å². The van der Waals surface area contributed by atoms with E-state index >= 15 is 0 Å². The first-order valence-electron chi connectivity index (χ1n) is 7.65. The van der Waals surface area contributed by atoms with Crippen molar-refractivity contribution in [3.63, 3.8) is 0 Å². The summed E-state index contributed by atoms with van der Waals surface area (Å²) in [6.07, 6.45) is 5.90. The minimum absolute atomic E-state index is 0.0168. The molecule has 1 N–H and O–H groups in total. The van der Waals surface area contributed by atoms with Crippen LogP contribution in [0.5, 0.6) is 0 Å². The summed E-state index contributed by atoms with van der Waals surface area (Å²) in [7, 11) is 0. The number of hydrogen-bond acceptors (Lipinski definition) is 4. The van der Waals surface area contributed by atoms with Crippen LogP contribution in [-0.2, 0) is 4.79 Å². The average molecular weight is 304 g/mol. The van der Waals surface area contributed by atoms with E-state index in [1.54, 1.807) is 4.68 Å². The van der Waals surface area contributed by atoms with E-state index in [2.05, 4.69) is 16.9 Å². The summed E-state index contributed by atoms with van der Waals surface area (Å²) in [4.78, 5) is 25.3. The predicted octanol–water partition coefficient (Wildman–Crippen LogP) is 1.50. The molecule has 0 bridgehead atoms. The number of rotatable bonds is 3. The van der Waals surface area contributed by atoms with Crippen molar-refractivity contribution < 1.29 is 14.7 Å². The quantitative estimate of drug-likeness (QED) is 0.855. The Bertz CT molecular complexity index is 600. The monoisotopic (exact) mass is 304 g/mol.